The molecule has 2 aromatic carbocycles. The summed E-state index contributed by atoms with van der Waals surface area (Å²) in [6.07, 6.45) is -4.38. The van der Waals surface area contributed by atoms with Crippen LogP contribution in [0.5, 0.6) is 11.5 Å². The van der Waals surface area contributed by atoms with Crippen molar-refractivity contribution in [2.75, 3.05) is 19.6 Å². The maximum Gasteiger partial charge on any atom is 0.198 e. The number of ketones is 3. The number of Topliss-reactive ketones (excluding diaryl/α,β-unsaturated/α-hetero) is 1. The first-order chi connectivity index (χ1) is 19.1. The fourth-order valence-corrected chi connectivity index (χ4v) is 6.60. The Bertz CT molecular complexity index is 1500. The van der Waals surface area contributed by atoms with Crippen LogP contribution >= 0.6 is 7.14 Å². The Balaban J connectivity index is 1.58. The molecule has 1 aliphatic heterocycles. The van der Waals surface area contributed by atoms with Gasteiger partial charge in [0, 0.05) is 53.8 Å². The fourth-order valence-electron chi connectivity index (χ4n) is 5.93. The highest BCUT2D eigenvalue weighted by Gasteiger charge is 2.49. The monoisotopic (exact) mass is 587 g/mol. The number of carbonyl (C=O) groups is 3. The number of phenolic OH excluding ortho intramolecular Hbond substituents is 2. The average molecular weight is 588 g/mol. The van der Waals surface area contributed by atoms with Crippen LogP contribution in [-0.4, -0.2) is 87.5 Å². The van der Waals surface area contributed by atoms with E-state index in [1.807, 2.05) is 0 Å². The van der Waals surface area contributed by atoms with Crippen LogP contribution in [0.15, 0.2) is 24.3 Å². The highest BCUT2D eigenvalue weighted by molar-refractivity contribution is 7.62. The second kappa shape index (κ2) is 10.4. The summed E-state index contributed by atoms with van der Waals surface area (Å²) in [6.45, 7) is 6.05. The van der Waals surface area contributed by atoms with Crippen LogP contribution in [0, 0.1) is 0 Å². The van der Waals surface area contributed by atoms with Crippen LogP contribution in [0.4, 0.5) is 0 Å². The summed E-state index contributed by atoms with van der Waals surface area (Å²) in [5.74, 6) is -3.13. The molecule has 0 spiro atoms. The van der Waals surface area contributed by atoms with Crippen molar-refractivity contribution in [1.29, 1.82) is 0 Å². The number of aromatic hydroxyl groups is 2. The lowest BCUT2D eigenvalue weighted by Gasteiger charge is -2.43. The van der Waals surface area contributed by atoms with Crippen molar-refractivity contribution in [3.63, 3.8) is 0 Å². The second-order valence-electron chi connectivity index (χ2n) is 11.7. The lowest BCUT2D eigenvalue weighted by Crippen LogP contribution is -2.54. The smallest absolute Gasteiger partial charge is 0.198 e. The highest BCUT2D eigenvalue weighted by atomic mass is 31.2. The summed E-state index contributed by atoms with van der Waals surface area (Å²) in [4.78, 5) is 39.4. The zero-order valence-corrected chi connectivity index (χ0v) is 24.1. The van der Waals surface area contributed by atoms with Crippen LogP contribution in [0.25, 0.3) is 0 Å². The Morgan fingerprint density at radius 1 is 1.12 bits per heavy atom. The van der Waals surface area contributed by atoms with Crippen molar-refractivity contribution in [3.8, 4) is 11.5 Å². The number of hydrogen-bond acceptors (Lipinski definition) is 11. The van der Waals surface area contributed by atoms with Gasteiger partial charge in [-0.3, -0.25) is 14.4 Å². The zero-order valence-electron chi connectivity index (χ0n) is 23.2. The van der Waals surface area contributed by atoms with E-state index in [-0.39, 0.29) is 46.9 Å². The summed E-state index contributed by atoms with van der Waals surface area (Å²) >= 11 is 0. The number of ether oxygens (including phenoxy) is 2. The number of phenols is 2. The van der Waals surface area contributed by atoms with Gasteiger partial charge in [-0.25, -0.2) is 0 Å². The van der Waals surface area contributed by atoms with E-state index < -0.39 is 84.2 Å². The van der Waals surface area contributed by atoms with Crippen LogP contribution in [0.1, 0.15) is 75.8 Å². The van der Waals surface area contributed by atoms with Crippen molar-refractivity contribution in [1.82, 2.24) is 5.32 Å². The molecule has 2 aromatic rings. The number of aliphatic hydroxyl groups is 2. The third-order valence-electron chi connectivity index (χ3n) is 8.19. The molecule has 0 amide bonds. The topological polar surface area (TPSA) is 180 Å². The minimum atomic E-state index is -2.46. The molecule has 6 atom stereocenters. The van der Waals surface area contributed by atoms with Crippen molar-refractivity contribution in [2.24, 2.45) is 0 Å². The zero-order chi connectivity index (χ0) is 30.0. The fraction of sp³-hybridized carbons (Fsp3) is 0.483. The molecule has 1 saturated heterocycles. The number of fused-ring (bicyclic) bond motifs is 3. The van der Waals surface area contributed by atoms with E-state index in [0.717, 1.165) is 0 Å². The number of aliphatic hydroxyl groups excluding tert-OH is 1. The molecule has 41 heavy (non-hydrogen) atoms. The molecule has 0 unspecified atom stereocenters. The Morgan fingerprint density at radius 3 is 2.27 bits per heavy atom. The maximum atomic E-state index is 13.5. The molecule has 5 rings (SSSR count). The van der Waals surface area contributed by atoms with E-state index in [1.54, 1.807) is 32.4 Å². The third-order valence-corrected chi connectivity index (χ3v) is 9.13. The van der Waals surface area contributed by atoms with Gasteiger partial charge in [0.1, 0.15) is 17.1 Å². The molecule has 0 bridgehead atoms. The van der Waals surface area contributed by atoms with Gasteiger partial charge in [0.05, 0.1) is 36.6 Å². The predicted molar refractivity (Wildman–Crippen MR) is 147 cm³/mol. The molecular weight excluding hydrogens is 553 g/mol. The van der Waals surface area contributed by atoms with Crippen molar-refractivity contribution in [2.45, 2.75) is 69.4 Å². The minimum absolute atomic E-state index is 0.0220. The number of benzene rings is 2. The van der Waals surface area contributed by atoms with Crippen LogP contribution < -0.4 is 5.32 Å². The SMILES string of the molecule is CC(=O)[C@]1(O)Cc2c(O)c3c(c(O)c2[C@@H](O[C@H]2C[C@H](NCP(C)(C)=O)[C@H](O)[C@H](C)O2)C1)C(=O)c1ccccc1C3=O. The van der Waals surface area contributed by atoms with Crippen LogP contribution in [0.3, 0.4) is 0 Å². The molecule has 1 fully saturated rings. The highest BCUT2D eigenvalue weighted by Crippen LogP contribution is 2.52. The molecule has 12 heteroatoms. The maximum absolute atomic E-state index is 13.5. The van der Waals surface area contributed by atoms with Crippen LogP contribution in [0.2, 0.25) is 0 Å². The summed E-state index contributed by atoms with van der Waals surface area (Å²) in [5, 5.41) is 47.9. The Kier molecular flexibility index (Phi) is 7.51. The Morgan fingerprint density at radius 2 is 1.71 bits per heavy atom. The van der Waals surface area contributed by atoms with Gasteiger partial charge in [-0.15, -0.1) is 0 Å². The van der Waals surface area contributed by atoms with E-state index >= 15 is 0 Å². The standard InChI is InChI=1S/C29H34NO10P/c1-13-24(32)18(30-12-41(3,4)38)9-20(39-13)40-19-11-29(37,14(2)31)10-17-21(19)28(36)23-22(27(17)35)25(33)15-7-5-6-8-16(15)26(23)34/h5-8,13,18-20,24,30,32,35-37H,9-12H2,1-4H3/t13-,18-,19-,20-,24+,29-/m0/s1. The lowest BCUT2D eigenvalue weighted by molar-refractivity contribution is -0.249. The van der Waals surface area contributed by atoms with Gasteiger partial charge in [-0.2, -0.15) is 0 Å². The Hall–Kier alpha value is -2.92. The van der Waals surface area contributed by atoms with Crippen molar-refractivity contribution < 1.29 is 48.8 Å². The van der Waals surface area contributed by atoms with Crippen molar-refractivity contribution >= 4 is 24.5 Å². The van der Waals surface area contributed by atoms with Gasteiger partial charge in [-0.05, 0) is 27.2 Å². The first kappa shape index (κ1) is 29.6. The molecule has 1 heterocycles. The summed E-state index contributed by atoms with van der Waals surface area (Å²) in [7, 11) is -2.46. The second-order valence-corrected chi connectivity index (χ2v) is 15.1. The van der Waals surface area contributed by atoms with Gasteiger partial charge < -0.3 is 39.8 Å². The molecule has 0 radical (unpaired) electrons. The first-order valence-electron chi connectivity index (χ1n) is 13.4. The lowest BCUT2D eigenvalue weighted by atomic mass is 9.72. The quantitative estimate of drug-likeness (QED) is 0.211. The summed E-state index contributed by atoms with van der Waals surface area (Å²) in [5.41, 5.74) is -2.74. The van der Waals surface area contributed by atoms with Gasteiger partial charge in [0.2, 0.25) is 0 Å². The molecule has 5 N–H and O–H groups in total. The van der Waals surface area contributed by atoms with Crippen molar-refractivity contribution in [3.05, 3.63) is 57.6 Å². The molecule has 0 saturated carbocycles. The molecule has 3 aliphatic rings. The predicted octanol–water partition coefficient (Wildman–Crippen LogP) is 2.23. The third kappa shape index (κ3) is 5.16. The summed E-state index contributed by atoms with van der Waals surface area (Å²) in [6, 6.07) is 5.50. The number of rotatable bonds is 6. The molecule has 220 valence electrons. The van der Waals surface area contributed by atoms with E-state index in [1.165, 1.54) is 19.1 Å². The minimum Gasteiger partial charge on any atom is -0.507 e. The normalized spacial score (nSPS) is 29.5. The molecule has 0 aromatic heterocycles. The molecular formula is C29H34NO10P. The molecule has 2 aliphatic carbocycles. The van der Waals surface area contributed by atoms with E-state index in [0.29, 0.717) is 0 Å². The van der Waals surface area contributed by atoms with E-state index in [9.17, 15) is 39.4 Å². The number of nitrogens with one attached hydrogen (secondary N) is 1. The Labute approximate surface area is 236 Å². The van der Waals surface area contributed by atoms with Gasteiger partial charge in [0.25, 0.3) is 0 Å². The summed E-state index contributed by atoms with van der Waals surface area (Å²) < 4.78 is 24.3. The van der Waals surface area contributed by atoms with E-state index in [2.05, 4.69) is 5.32 Å². The number of carbonyl (C=O) groups excluding carboxylic acids is 3. The molecule has 11 nitrogen and oxygen atoms in total. The first-order valence-corrected chi connectivity index (χ1v) is 16.2. The van der Waals surface area contributed by atoms with Gasteiger partial charge in [0.15, 0.2) is 23.6 Å². The van der Waals surface area contributed by atoms with Crippen LogP contribution in [-0.2, 0) is 25.3 Å². The number of hydrogen-bond donors (Lipinski definition) is 5. The van der Waals surface area contributed by atoms with E-state index in [4.69, 9.17) is 9.47 Å². The van der Waals surface area contributed by atoms with Gasteiger partial charge in [-0.1, -0.05) is 24.3 Å². The van der Waals surface area contributed by atoms with Gasteiger partial charge >= 0.3 is 0 Å². The largest absolute Gasteiger partial charge is 0.507 e. The average Bonchev–Trinajstić information content (AvgIpc) is 2.89.